The average Bonchev–Trinajstić information content (AvgIpc) is 2.69. The summed E-state index contributed by atoms with van der Waals surface area (Å²) in [6, 6.07) is -0.149. The highest BCUT2D eigenvalue weighted by molar-refractivity contribution is 7.98. The van der Waals surface area contributed by atoms with Crippen molar-refractivity contribution in [3.8, 4) is 0 Å². The van der Waals surface area contributed by atoms with Gasteiger partial charge in [-0.3, -0.25) is 9.89 Å². The van der Waals surface area contributed by atoms with E-state index in [0.29, 0.717) is 6.54 Å². The zero-order valence-corrected chi connectivity index (χ0v) is 17.6. The molecule has 0 aromatic rings. The van der Waals surface area contributed by atoms with Crippen LogP contribution in [0.25, 0.3) is 0 Å². The summed E-state index contributed by atoms with van der Waals surface area (Å²) in [7, 11) is 1.73. The molecule has 0 aliphatic carbocycles. The van der Waals surface area contributed by atoms with E-state index in [-0.39, 0.29) is 18.2 Å². The zero-order valence-electron chi connectivity index (χ0n) is 16.8. The van der Waals surface area contributed by atoms with E-state index in [9.17, 15) is 4.79 Å². The number of hydrogen-bond donors (Lipinski definition) is 2. The number of rotatable bonds is 5. The first-order chi connectivity index (χ1) is 11.5. The molecule has 2 unspecified atom stereocenters. The molecule has 1 fully saturated rings. The van der Waals surface area contributed by atoms with Gasteiger partial charge in [0.25, 0.3) is 0 Å². The Morgan fingerprint density at radius 3 is 2.52 bits per heavy atom. The highest BCUT2D eigenvalue weighted by Gasteiger charge is 2.49. The van der Waals surface area contributed by atoms with Gasteiger partial charge in [-0.2, -0.15) is 11.8 Å². The van der Waals surface area contributed by atoms with Crippen LogP contribution in [0, 0.1) is 0 Å². The highest BCUT2D eigenvalue weighted by atomic mass is 32.2. The Morgan fingerprint density at radius 1 is 1.36 bits per heavy atom. The third-order valence-electron chi connectivity index (χ3n) is 3.82. The van der Waals surface area contributed by atoms with E-state index in [0.717, 1.165) is 18.3 Å². The molecule has 0 aromatic carbocycles. The maximum absolute atomic E-state index is 12.7. The van der Waals surface area contributed by atoms with Crippen molar-refractivity contribution >= 4 is 23.8 Å². The van der Waals surface area contributed by atoms with Crippen molar-refractivity contribution in [3.05, 3.63) is 0 Å². The number of ether oxygens (including phenoxy) is 2. The first-order valence-corrected chi connectivity index (χ1v) is 10.0. The summed E-state index contributed by atoms with van der Waals surface area (Å²) >= 11 is 1.77. The predicted molar refractivity (Wildman–Crippen MR) is 104 cm³/mol. The molecule has 7 nitrogen and oxygen atoms in total. The van der Waals surface area contributed by atoms with Crippen LogP contribution in [0.2, 0.25) is 0 Å². The van der Waals surface area contributed by atoms with Crippen molar-refractivity contribution in [1.29, 1.82) is 0 Å². The molecule has 1 saturated heterocycles. The smallest absolute Gasteiger partial charge is 0.412 e. The van der Waals surface area contributed by atoms with Gasteiger partial charge in [0.05, 0.1) is 12.1 Å². The molecule has 1 aliphatic rings. The number of amides is 1. The van der Waals surface area contributed by atoms with Crippen LogP contribution >= 0.6 is 11.8 Å². The molecular formula is C17H34N4O3S. The maximum Gasteiger partial charge on any atom is 0.412 e. The van der Waals surface area contributed by atoms with Gasteiger partial charge in [0, 0.05) is 25.9 Å². The number of guanidine groups is 1. The molecule has 0 saturated carbocycles. The number of aliphatic imine (C=N–C) groups is 1. The fraction of sp³-hybridized carbons (Fsp3) is 0.882. The van der Waals surface area contributed by atoms with Crippen LogP contribution in [0.5, 0.6) is 0 Å². The highest BCUT2D eigenvalue weighted by Crippen LogP contribution is 2.33. The first kappa shape index (κ1) is 21.9. The van der Waals surface area contributed by atoms with Crippen LogP contribution in [0.4, 0.5) is 4.79 Å². The minimum atomic E-state index is -0.718. The predicted octanol–water partition coefficient (Wildman–Crippen LogP) is 2.27. The van der Waals surface area contributed by atoms with Gasteiger partial charge in [0.2, 0.25) is 0 Å². The monoisotopic (exact) mass is 374 g/mol. The summed E-state index contributed by atoms with van der Waals surface area (Å²) < 4.78 is 11.6. The molecule has 1 rings (SSSR count). The van der Waals surface area contributed by atoms with Crippen LogP contribution in [0.3, 0.4) is 0 Å². The van der Waals surface area contributed by atoms with Crippen LogP contribution in [-0.4, -0.2) is 72.6 Å². The maximum atomic E-state index is 12.7. The molecule has 0 radical (unpaired) electrons. The van der Waals surface area contributed by atoms with Gasteiger partial charge in [0.15, 0.2) is 5.96 Å². The Hall–Kier alpha value is -1.15. The largest absolute Gasteiger partial charge is 0.444 e. The number of carbonyl (C=O) groups excluding carboxylic acids is 1. The van der Waals surface area contributed by atoms with E-state index >= 15 is 0 Å². The lowest BCUT2D eigenvalue weighted by atomic mass is 10.1. The fourth-order valence-electron chi connectivity index (χ4n) is 2.82. The molecule has 1 amide bonds. The van der Waals surface area contributed by atoms with E-state index in [2.05, 4.69) is 21.9 Å². The molecular weight excluding hydrogens is 340 g/mol. The van der Waals surface area contributed by atoms with Gasteiger partial charge in [-0.1, -0.05) is 0 Å². The summed E-state index contributed by atoms with van der Waals surface area (Å²) in [6.45, 7) is 12.7. The molecule has 0 bridgehead atoms. The Labute approximate surface area is 156 Å². The lowest BCUT2D eigenvalue weighted by Gasteiger charge is -2.35. The third kappa shape index (κ3) is 6.58. The van der Waals surface area contributed by atoms with Crippen LogP contribution in [0.1, 0.15) is 41.5 Å². The minimum absolute atomic E-state index is 0.112. The Kier molecular flexibility index (Phi) is 7.87. The number of nitrogens with one attached hydrogen (secondary N) is 2. The molecule has 1 aliphatic heterocycles. The van der Waals surface area contributed by atoms with E-state index < -0.39 is 11.3 Å². The van der Waals surface area contributed by atoms with E-state index in [1.165, 1.54) is 0 Å². The van der Waals surface area contributed by atoms with Crippen molar-refractivity contribution in [2.75, 3.05) is 32.1 Å². The van der Waals surface area contributed by atoms with Crippen LogP contribution in [0.15, 0.2) is 4.99 Å². The number of carbonyl (C=O) groups is 1. The average molecular weight is 375 g/mol. The van der Waals surface area contributed by atoms with Crippen LogP contribution < -0.4 is 10.6 Å². The quantitative estimate of drug-likeness (QED) is 0.437. The van der Waals surface area contributed by atoms with Gasteiger partial charge in [0.1, 0.15) is 11.3 Å². The lowest BCUT2D eigenvalue weighted by Crippen LogP contribution is -2.54. The second-order valence-corrected chi connectivity index (χ2v) is 8.55. The number of thioether (sulfide) groups is 1. The topological polar surface area (TPSA) is 75.2 Å². The van der Waals surface area contributed by atoms with Crippen molar-refractivity contribution < 1.29 is 14.3 Å². The number of nitrogens with zero attached hydrogens (tertiary/aromatic N) is 2. The summed E-state index contributed by atoms with van der Waals surface area (Å²) in [6.07, 6.45) is 1.59. The Morgan fingerprint density at radius 2 is 2.00 bits per heavy atom. The zero-order chi connectivity index (χ0) is 19.3. The van der Waals surface area contributed by atoms with E-state index in [1.807, 2.05) is 41.5 Å². The summed E-state index contributed by atoms with van der Waals surface area (Å²) in [5, 5.41) is 6.54. The lowest BCUT2D eigenvalue weighted by molar-refractivity contribution is -0.0755. The van der Waals surface area contributed by atoms with E-state index in [4.69, 9.17) is 9.47 Å². The fourth-order valence-corrected chi connectivity index (χ4v) is 3.12. The Balaban J connectivity index is 2.78. The van der Waals surface area contributed by atoms with Crippen molar-refractivity contribution in [2.24, 2.45) is 4.99 Å². The van der Waals surface area contributed by atoms with Gasteiger partial charge in [-0.05, 0) is 47.8 Å². The summed E-state index contributed by atoms with van der Waals surface area (Å²) in [5.74, 6) is 1.72. The molecule has 8 heteroatoms. The van der Waals surface area contributed by atoms with Gasteiger partial charge >= 0.3 is 6.09 Å². The normalized spacial score (nSPS) is 23.5. The molecule has 0 spiro atoms. The second kappa shape index (κ2) is 8.98. The summed E-state index contributed by atoms with van der Waals surface area (Å²) in [4.78, 5) is 18.6. The van der Waals surface area contributed by atoms with E-state index in [1.54, 1.807) is 23.7 Å². The van der Waals surface area contributed by atoms with Gasteiger partial charge in [-0.25, -0.2) is 4.79 Å². The van der Waals surface area contributed by atoms with Gasteiger partial charge < -0.3 is 20.1 Å². The van der Waals surface area contributed by atoms with Crippen molar-refractivity contribution in [1.82, 2.24) is 15.5 Å². The molecule has 146 valence electrons. The number of hydrogen-bond acceptors (Lipinski definition) is 5. The van der Waals surface area contributed by atoms with Crippen molar-refractivity contribution in [3.63, 3.8) is 0 Å². The van der Waals surface area contributed by atoms with Crippen molar-refractivity contribution in [2.45, 2.75) is 65.0 Å². The molecule has 2 N–H and O–H groups in total. The Bertz CT molecular complexity index is 477. The SMILES string of the molecule is CN=C(NCCSC)NCC1C(C)OC(C)(C)N1C(=O)OC(C)(C)C. The molecule has 1 heterocycles. The second-order valence-electron chi connectivity index (χ2n) is 7.56. The summed E-state index contributed by atoms with van der Waals surface area (Å²) in [5.41, 5.74) is -1.27. The molecule has 25 heavy (non-hydrogen) atoms. The minimum Gasteiger partial charge on any atom is -0.444 e. The molecule has 2 atom stereocenters. The van der Waals surface area contributed by atoms with Gasteiger partial charge in [-0.15, -0.1) is 0 Å². The first-order valence-electron chi connectivity index (χ1n) is 8.65. The molecule has 0 aromatic heterocycles. The third-order valence-corrected chi connectivity index (χ3v) is 4.43. The standard InChI is InChI=1S/C17H34N4O3S/c1-12-13(11-20-14(18-7)19-9-10-25-8)21(17(5,6)23-12)15(22)24-16(2,3)4/h12-13H,9-11H2,1-8H3,(H2,18,19,20). The van der Waals surface area contributed by atoms with Crippen LogP contribution in [-0.2, 0) is 9.47 Å².